The fourth-order valence-electron chi connectivity index (χ4n) is 2.15. The second-order valence-corrected chi connectivity index (χ2v) is 6.71. The number of thioether (sulfide) groups is 1. The molecule has 1 amide bonds. The highest BCUT2D eigenvalue weighted by atomic mass is 32.2. The van der Waals surface area contributed by atoms with E-state index in [9.17, 15) is 14.9 Å². The molecule has 1 N–H and O–H groups in total. The van der Waals surface area contributed by atoms with Crippen LogP contribution < -0.4 is 5.32 Å². The van der Waals surface area contributed by atoms with Crippen LogP contribution in [0.3, 0.4) is 0 Å². The number of nitrogens with one attached hydrogen (secondary N) is 1. The molecule has 2 rings (SSSR count). The van der Waals surface area contributed by atoms with Crippen LogP contribution in [0.4, 0.5) is 5.69 Å². The molecule has 0 unspecified atom stereocenters. The van der Waals surface area contributed by atoms with Crippen LogP contribution in [-0.2, 0) is 11.2 Å². The molecular weight excluding hydrogens is 324 g/mol. The number of hydrogen-bond donors (Lipinski definition) is 1. The number of nitro benzene ring substituents is 1. The van der Waals surface area contributed by atoms with Crippen LogP contribution in [0.5, 0.6) is 0 Å². The average Bonchev–Trinajstić information content (AvgIpc) is 2.55. The normalized spacial score (nSPS) is 10.4. The maximum Gasteiger partial charge on any atom is 0.269 e. The minimum absolute atomic E-state index is 0.0314. The maximum atomic E-state index is 11.9. The topological polar surface area (TPSA) is 72.2 Å². The van der Waals surface area contributed by atoms with E-state index in [1.54, 1.807) is 23.9 Å². The molecule has 0 aliphatic carbocycles. The second-order valence-electron chi connectivity index (χ2n) is 5.54. The van der Waals surface area contributed by atoms with E-state index in [1.165, 1.54) is 28.2 Å². The van der Waals surface area contributed by atoms with Gasteiger partial charge in [-0.15, -0.1) is 11.8 Å². The van der Waals surface area contributed by atoms with Crippen molar-refractivity contribution in [3.05, 3.63) is 69.3 Å². The Hall–Kier alpha value is -2.34. The quantitative estimate of drug-likeness (QED) is 0.360. The number of aryl methyl sites for hydroxylation is 2. The molecule has 0 saturated carbocycles. The molecule has 126 valence electrons. The van der Waals surface area contributed by atoms with Gasteiger partial charge in [-0.1, -0.05) is 18.2 Å². The van der Waals surface area contributed by atoms with Gasteiger partial charge in [0.15, 0.2) is 0 Å². The number of rotatable bonds is 7. The summed E-state index contributed by atoms with van der Waals surface area (Å²) in [5.74, 6) is 0.721. The molecule has 2 aromatic carbocycles. The van der Waals surface area contributed by atoms with Crippen LogP contribution in [0.15, 0.2) is 47.4 Å². The van der Waals surface area contributed by atoms with Crippen molar-refractivity contribution in [2.45, 2.75) is 25.2 Å². The van der Waals surface area contributed by atoms with Crippen molar-refractivity contribution in [1.82, 2.24) is 5.32 Å². The van der Waals surface area contributed by atoms with E-state index in [0.717, 1.165) is 11.3 Å². The van der Waals surface area contributed by atoms with Gasteiger partial charge in [0.2, 0.25) is 5.91 Å². The van der Waals surface area contributed by atoms with Crippen molar-refractivity contribution in [2.75, 3.05) is 12.3 Å². The molecule has 0 aliphatic rings. The molecule has 5 nitrogen and oxygen atoms in total. The molecular formula is C18H20N2O3S. The summed E-state index contributed by atoms with van der Waals surface area (Å²) >= 11 is 1.71. The molecule has 24 heavy (non-hydrogen) atoms. The Kier molecular flexibility index (Phi) is 6.37. The van der Waals surface area contributed by atoms with E-state index >= 15 is 0 Å². The van der Waals surface area contributed by atoms with Gasteiger partial charge in [0.25, 0.3) is 5.69 Å². The third kappa shape index (κ3) is 5.38. The van der Waals surface area contributed by atoms with Gasteiger partial charge in [0.1, 0.15) is 0 Å². The number of amides is 1. The third-order valence-electron chi connectivity index (χ3n) is 3.68. The molecule has 0 heterocycles. The molecule has 0 saturated heterocycles. The van der Waals surface area contributed by atoms with Gasteiger partial charge >= 0.3 is 0 Å². The fourth-order valence-corrected chi connectivity index (χ4v) is 3.01. The number of nitro groups is 1. The first-order chi connectivity index (χ1) is 11.5. The Morgan fingerprint density at radius 3 is 2.46 bits per heavy atom. The number of non-ortho nitro benzene ring substituents is 1. The number of carbonyl (C=O) groups is 1. The Bertz CT molecular complexity index is 730. The molecule has 0 aliphatic heterocycles. The van der Waals surface area contributed by atoms with Crippen LogP contribution in [0.2, 0.25) is 0 Å². The van der Waals surface area contributed by atoms with Crippen LogP contribution in [0.25, 0.3) is 0 Å². The van der Waals surface area contributed by atoms with E-state index in [1.807, 2.05) is 0 Å². The largest absolute Gasteiger partial charge is 0.355 e. The van der Waals surface area contributed by atoms with Crippen molar-refractivity contribution in [2.24, 2.45) is 0 Å². The molecule has 2 aromatic rings. The molecule has 0 radical (unpaired) electrons. The molecule has 0 aromatic heterocycles. The summed E-state index contributed by atoms with van der Waals surface area (Å²) in [6.07, 6.45) is 0.228. The summed E-state index contributed by atoms with van der Waals surface area (Å²) in [5, 5.41) is 13.5. The van der Waals surface area contributed by atoms with E-state index in [4.69, 9.17) is 0 Å². The minimum Gasteiger partial charge on any atom is -0.355 e. The van der Waals surface area contributed by atoms with Gasteiger partial charge in [-0.05, 0) is 42.7 Å². The SMILES string of the molecule is Cc1ccc(SCCNC(=O)Cc2ccc([N+](=O)[O-])cc2)cc1C. The first kappa shape index (κ1) is 18.0. The molecule has 0 spiro atoms. The molecule has 6 heteroatoms. The molecule has 0 atom stereocenters. The van der Waals surface area contributed by atoms with Crippen molar-refractivity contribution in [3.63, 3.8) is 0 Å². The van der Waals surface area contributed by atoms with Crippen molar-refractivity contribution in [3.8, 4) is 0 Å². The van der Waals surface area contributed by atoms with E-state index in [0.29, 0.717) is 6.54 Å². The summed E-state index contributed by atoms with van der Waals surface area (Å²) < 4.78 is 0. The van der Waals surface area contributed by atoms with Crippen LogP contribution in [0.1, 0.15) is 16.7 Å². The van der Waals surface area contributed by atoms with E-state index in [2.05, 4.69) is 37.4 Å². The van der Waals surface area contributed by atoms with Crippen LogP contribution in [-0.4, -0.2) is 23.1 Å². The lowest BCUT2D eigenvalue weighted by Crippen LogP contribution is -2.27. The number of benzene rings is 2. The lowest BCUT2D eigenvalue weighted by molar-refractivity contribution is -0.384. The van der Waals surface area contributed by atoms with Gasteiger partial charge in [0.05, 0.1) is 11.3 Å². The smallest absolute Gasteiger partial charge is 0.269 e. The summed E-state index contributed by atoms with van der Waals surface area (Å²) in [7, 11) is 0. The van der Waals surface area contributed by atoms with E-state index < -0.39 is 4.92 Å². The average molecular weight is 344 g/mol. The Morgan fingerprint density at radius 1 is 1.12 bits per heavy atom. The Morgan fingerprint density at radius 2 is 1.83 bits per heavy atom. The summed E-state index contributed by atoms with van der Waals surface area (Å²) in [4.78, 5) is 23.2. The molecule has 0 bridgehead atoms. The molecule has 0 fully saturated rings. The Labute approximate surface area is 145 Å². The predicted octanol–water partition coefficient (Wildman–Crippen LogP) is 3.66. The summed E-state index contributed by atoms with van der Waals surface area (Å²) in [6, 6.07) is 12.4. The van der Waals surface area contributed by atoms with Crippen molar-refractivity contribution < 1.29 is 9.72 Å². The highest BCUT2D eigenvalue weighted by Gasteiger charge is 2.07. The first-order valence-electron chi connectivity index (χ1n) is 7.66. The summed E-state index contributed by atoms with van der Waals surface area (Å²) in [6.45, 7) is 4.76. The third-order valence-corrected chi connectivity index (χ3v) is 4.68. The summed E-state index contributed by atoms with van der Waals surface area (Å²) in [5.41, 5.74) is 3.34. The standard InChI is InChI=1S/C18H20N2O3S/c1-13-3-8-17(11-14(13)2)24-10-9-19-18(21)12-15-4-6-16(7-5-15)20(22)23/h3-8,11H,9-10,12H2,1-2H3,(H,19,21). The zero-order valence-corrected chi connectivity index (χ0v) is 14.6. The van der Waals surface area contributed by atoms with Gasteiger partial charge in [-0.25, -0.2) is 0 Å². The van der Waals surface area contributed by atoms with Gasteiger partial charge in [-0.3, -0.25) is 14.9 Å². The van der Waals surface area contributed by atoms with Crippen molar-refractivity contribution >= 4 is 23.4 Å². The van der Waals surface area contributed by atoms with Crippen molar-refractivity contribution in [1.29, 1.82) is 0 Å². The van der Waals surface area contributed by atoms with Crippen LogP contribution in [0, 0.1) is 24.0 Å². The van der Waals surface area contributed by atoms with E-state index in [-0.39, 0.29) is 18.0 Å². The highest BCUT2D eigenvalue weighted by molar-refractivity contribution is 7.99. The minimum atomic E-state index is -0.451. The lowest BCUT2D eigenvalue weighted by Gasteiger charge is -2.07. The van der Waals surface area contributed by atoms with Gasteiger partial charge < -0.3 is 5.32 Å². The van der Waals surface area contributed by atoms with Gasteiger partial charge in [0, 0.05) is 29.3 Å². The Balaban J connectivity index is 1.73. The van der Waals surface area contributed by atoms with Crippen LogP contribution >= 0.6 is 11.8 Å². The lowest BCUT2D eigenvalue weighted by atomic mass is 10.1. The fraction of sp³-hybridized carbons (Fsp3) is 0.278. The second kappa shape index (κ2) is 8.49. The highest BCUT2D eigenvalue weighted by Crippen LogP contribution is 2.20. The zero-order chi connectivity index (χ0) is 17.5. The zero-order valence-electron chi connectivity index (χ0n) is 13.7. The van der Waals surface area contributed by atoms with Gasteiger partial charge in [-0.2, -0.15) is 0 Å². The number of nitrogens with zero attached hydrogens (tertiary/aromatic N) is 1. The number of carbonyl (C=O) groups excluding carboxylic acids is 1. The monoisotopic (exact) mass is 344 g/mol. The maximum absolute atomic E-state index is 11.9. The predicted molar refractivity (Wildman–Crippen MR) is 96.5 cm³/mol. The number of hydrogen-bond acceptors (Lipinski definition) is 4. The first-order valence-corrected chi connectivity index (χ1v) is 8.64.